The van der Waals surface area contributed by atoms with Gasteiger partial charge in [-0.2, -0.15) is 5.10 Å². The summed E-state index contributed by atoms with van der Waals surface area (Å²) in [6, 6.07) is 7.32. The van der Waals surface area contributed by atoms with Crippen molar-refractivity contribution in [2.24, 2.45) is 0 Å². The van der Waals surface area contributed by atoms with Crippen LogP contribution in [0.4, 0.5) is 5.69 Å². The number of rotatable bonds is 3. The molecule has 2 aromatic heterocycles. The van der Waals surface area contributed by atoms with Gasteiger partial charge in [-0.25, -0.2) is 9.67 Å². The summed E-state index contributed by atoms with van der Waals surface area (Å²) in [5.41, 5.74) is 2.30. The van der Waals surface area contributed by atoms with Gasteiger partial charge in [0.05, 0.1) is 17.1 Å². The summed E-state index contributed by atoms with van der Waals surface area (Å²) in [5, 5.41) is 10.6. The zero-order valence-electron chi connectivity index (χ0n) is 10.6. The normalized spacial score (nSPS) is 10.4. The van der Waals surface area contributed by atoms with E-state index in [1.807, 2.05) is 18.2 Å². The van der Waals surface area contributed by atoms with Gasteiger partial charge < -0.3 is 9.84 Å². The number of benzene rings is 1. The SMILES string of the molecule is Cc1nocc1C(=O)Nc1ccccc1-n1cncn1. The van der Waals surface area contributed by atoms with Crippen LogP contribution in [-0.4, -0.2) is 25.8 Å². The fraction of sp³-hybridized carbons (Fsp3) is 0.0769. The van der Waals surface area contributed by atoms with Crippen molar-refractivity contribution in [3.8, 4) is 5.69 Å². The fourth-order valence-electron chi connectivity index (χ4n) is 1.81. The maximum Gasteiger partial charge on any atom is 0.260 e. The van der Waals surface area contributed by atoms with Crippen molar-refractivity contribution in [2.45, 2.75) is 6.92 Å². The molecule has 0 aliphatic rings. The van der Waals surface area contributed by atoms with Crippen molar-refractivity contribution in [1.82, 2.24) is 19.9 Å². The monoisotopic (exact) mass is 269 g/mol. The molecule has 1 N–H and O–H groups in total. The van der Waals surface area contributed by atoms with Gasteiger partial charge in [0.25, 0.3) is 5.91 Å². The summed E-state index contributed by atoms with van der Waals surface area (Å²) >= 11 is 0. The average Bonchev–Trinajstić information content (AvgIpc) is 3.10. The van der Waals surface area contributed by atoms with Crippen LogP contribution in [0.5, 0.6) is 0 Å². The minimum Gasteiger partial charge on any atom is -0.364 e. The standard InChI is InChI=1S/C13H11N5O2/c1-9-10(6-20-17-9)13(19)16-11-4-2-3-5-12(11)18-8-14-7-15-18/h2-8H,1H3,(H,16,19). The van der Waals surface area contributed by atoms with Crippen LogP contribution in [0.1, 0.15) is 16.1 Å². The van der Waals surface area contributed by atoms with Crippen molar-refractivity contribution < 1.29 is 9.32 Å². The molecule has 7 heteroatoms. The third-order valence-electron chi connectivity index (χ3n) is 2.81. The first-order chi connectivity index (χ1) is 9.75. The molecule has 0 bridgehead atoms. The number of hydrogen-bond acceptors (Lipinski definition) is 5. The molecule has 0 saturated carbocycles. The van der Waals surface area contributed by atoms with Crippen molar-refractivity contribution in [3.63, 3.8) is 0 Å². The Morgan fingerprint density at radius 2 is 2.20 bits per heavy atom. The van der Waals surface area contributed by atoms with E-state index in [1.54, 1.807) is 24.0 Å². The van der Waals surface area contributed by atoms with Crippen LogP contribution in [0.15, 0.2) is 47.7 Å². The van der Waals surface area contributed by atoms with Crippen LogP contribution in [0.2, 0.25) is 0 Å². The average molecular weight is 269 g/mol. The van der Waals surface area contributed by atoms with Gasteiger partial charge >= 0.3 is 0 Å². The number of amides is 1. The molecule has 0 aliphatic carbocycles. The second-order valence-electron chi connectivity index (χ2n) is 4.12. The quantitative estimate of drug-likeness (QED) is 0.783. The molecule has 0 saturated heterocycles. The molecule has 20 heavy (non-hydrogen) atoms. The van der Waals surface area contributed by atoms with Gasteiger partial charge in [-0.1, -0.05) is 17.3 Å². The Morgan fingerprint density at radius 3 is 2.90 bits per heavy atom. The number of carbonyl (C=O) groups excluding carboxylic acids is 1. The lowest BCUT2D eigenvalue weighted by Crippen LogP contribution is -2.14. The van der Waals surface area contributed by atoms with Gasteiger partial charge in [0, 0.05) is 0 Å². The van der Waals surface area contributed by atoms with Gasteiger partial charge in [-0.15, -0.1) is 0 Å². The summed E-state index contributed by atoms with van der Waals surface area (Å²) in [5.74, 6) is -0.281. The first-order valence-electron chi connectivity index (χ1n) is 5.92. The number of nitrogens with zero attached hydrogens (tertiary/aromatic N) is 4. The molecular formula is C13H11N5O2. The molecule has 100 valence electrons. The Balaban J connectivity index is 1.92. The van der Waals surface area contributed by atoms with Gasteiger partial charge in [0.2, 0.25) is 0 Å². The summed E-state index contributed by atoms with van der Waals surface area (Å²) < 4.78 is 6.35. The van der Waals surface area contributed by atoms with Gasteiger partial charge in [-0.3, -0.25) is 4.79 Å². The number of para-hydroxylation sites is 2. The highest BCUT2D eigenvalue weighted by Crippen LogP contribution is 2.20. The maximum absolute atomic E-state index is 12.2. The first-order valence-corrected chi connectivity index (χ1v) is 5.92. The molecule has 2 heterocycles. The number of carbonyl (C=O) groups is 1. The molecule has 3 aromatic rings. The zero-order valence-corrected chi connectivity index (χ0v) is 10.6. The molecule has 1 amide bonds. The maximum atomic E-state index is 12.2. The van der Waals surface area contributed by atoms with E-state index in [9.17, 15) is 4.79 Å². The largest absolute Gasteiger partial charge is 0.364 e. The van der Waals surface area contributed by atoms with Crippen molar-refractivity contribution >= 4 is 11.6 Å². The van der Waals surface area contributed by atoms with Crippen LogP contribution in [0, 0.1) is 6.92 Å². The van der Waals surface area contributed by atoms with Crippen LogP contribution in [-0.2, 0) is 0 Å². The second kappa shape index (κ2) is 4.96. The molecule has 0 atom stereocenters. The predicted octanol–water partition coefficient (Wildman–Crippen LogP) is 1.82. The summed E-state index contributed by atoms with van der Waals surface area (Å²) in [7, 11) is 0. The lowest BCUT2D eigenvalue weighted by molar-refractivity contribution is 0.102. The molecule has 1 aromatic carbocycles. The van der Waals surface area contributed by atoms with E-state index in [1.165, 1.54) is 12.6 Å². The number of anilines is 1. The Hall–Kier alpha value is -2.96. The Morgan fingerprint density at radius 1 is 1.35 bits per heavy atom. The topological polar surface area (TPSA) is 85.8 Å². The van der Waals surface area contributed by atoms with E-state index in [0.717, 1.165) is 5.69 Å². The number of nitrogens with one attached hydrogen (secondary N) is 1. The Kier molecular flexibility index (Phi) is 3.00. The van der Waals surface area contributed by atoms with Gasteiger partial charge in [0.15, 0.2) is 0 Å². The summed E-state index contributed by atoms with van der Waals surface area (Å²) in [6.45, 7) is 1.71. The number of aryl methyl sites for hydroxylation is 1. The Bertz CT molecular complexity index is 733. The minimum atomic E-state index is -0.281. The van der Waals surface area contributed by atoms with Crippen LogP contribution in [0.3, 0.4) is 0 Å². The van der Waals surface area contributed by atoms with E-state index >= 15 is 0 Å². The highest BCUT2D eigenvalue weighted by Gasteiger charge is 2.14. The smallest absolute Gasteiger partial charge is 0.260 e. The summed E-state index contributed by atoms with van der Waals surface area (Å²) in [4.78, 5) is 16.1. The molecular weight excluding hydrogens is 258 g/mol. The van der Waals surface area contributed by atoms with E-state index in [-0.39, 0.29) is 5.91 Å². The molecule has 0 radical (unpaired) electrons. The Labute approximate surface area is 114 Å². The van der Waals surface area contributed by atoms with Crippen LogP contribution < -0.4 is 5.32 Å². The van der Waals surface area contributed by atoms with Gasteiger partial charge in [-0.05, 0) is 19.1 Å². The van der Waals surface area contributed by atoms with E-state index in [2.05, 4.69) is 20.6 Å². The molecule has 3 rings (SSSR count). The third kappa shape index (κ3) is 2.16. The second-order valence-corrected chi connectivity index (χ2v) is 4.12. The van der Waals surface area contributed by atoms with E-state index in [0.29, 0.717) is 16.9 Å². The van der Waals surface area contributed by atoms with Crippen molar-refractivity contribution in [2.75, 3.05) is 5.32 Å². The zero-order chi connectivity index (χ0) is 13.9. The number of hydrogen-bond donors (Lipinski definition) is 1. The molecule has 7 nitrogen and oxygen atoms in total. The highest BCUT2D eigenvalue weighted by atomic mass is 16.5. The predicted molar refractivity (Wildman–Crippen MR) is 70.6 cm³/mol. The summed E-state index contributed by atoms with van der Waals surface area (Å²) in [6.07, 6.45) is 4.32. The van der Waals surface area contributed by atoms with E-state index in [4.69, 9.17) is 4.52 Å². The third-order valence-corrected chi connectivity index (χ3v) is 2.81. The lowest BCUT2D eigenvalue weighted by Gasteiger charge is -2.09. The molecule has 0 fully saturated rings. The van der Waals surface area contributed by atoms with E-state index < -0.39 is 0 Å². The minimum absolute atomic E-state index is 0.281. The van der Waals surface area contributed by atoms with Crippen molar-refractivity contribution in [1.29, 1.82) is 0 Å². The lowest BCUT2D eigenvalue weighted by atomic mass is 10.2. The first kappa shape index (κ1) is 12.1. The van der Waals surface area contributed by atoms with Crippen LogP contribution in [0.25, 0.3) is 5.69 Å². The molecule has 0 spiro atoms. The molecule has 0 unspecified atom stereocenters. The molecule has 0 aliphatic heterocycles. The van der Waals surface area contributed by atoms with Gasteiger partial charge in [0.1, 0.15) is 24.5 Å². The van der Waals surface area contributed by atoms with Crippen LogP contribution >= 0.6 is 0 Å². The number of aromatic nitrogens is 4. The van der Waals surface area contributed by atoms with Crippen molar-refractivity contribution in [3.05, 3.63) is 54.4 Å². The highest BCUT2D eigenvalue weighted by molar-refractivity contribution is 6.05. The fourth-order valence-corrected chi connectivity index (χ4v) is 1.81.